The predicted octanol–water partition coefficient (Wildman–Crippen LogP) is 2.65. The molecule has 21 heavy (non-hydrogen) atoms. The van der Waals surface area contributed by atoms with Gasteiger partial charge in [0.1, 0.15) is 0 Å². The van der Waals surface area contributed by atoms with Crippen molar-refractivity contribution in [1.29, 1.82) is 0 Å². The summed E-state index contributed by atoms with van der Waals surface area (Å²) in [6.07, 6.45) is -13.7. The van der Waals surface area contributed by atoms with Gasteiger partial charge in [0, 0.05) is 11.1 Å². The first-order chi connectivity index (χ1) is 9.39. The third kappa shape index (κ3) is 3.51. The van der Waals surface area contributed by atoms with E-state index in [1.165, 1.54) is 0 Å². The number of carbonyl (C=O) groups excluding carboxylic acids is 1. The number of aliphatic hydroxyl groups is 1. The number of alkyl halides is 6. The number of rotatable bonds is 3. The zero-order chi connectivity index (χ0) is 16.6. The van der Waals surface area contributed by atoms with Gasteiger partial charge in [0.05, 0.1) is 11.1 Å². The van der Waals surface area contributed by atoms with E-state index in [4.69, 9.17) is 5.11 Å². The lowest BCUT2D eigenvalue weighted by atomic mass is 9.94. The van der Waals surface area contributed by atoms with Crippen molar-refractivity contribution in [2.45, 2.75) is 18.5 Å². The summed E-state index contributed by atoms with van der Waals surface area (Å²) in [4.78, 5) is 21.3. The summed E-state index contributed by atoms with van der Waals surface area (Å²) >= 11 is 0. The van der Waals surface area contributed by atoms with Gasteiger partial charge in [-0.1, -0.05) is 0 Å². The van der Waals surface area contributed by atoms with Crippen LogP contribution in [0.4, 0.5) is 26.3 Å². The molecule has 0 heterocycles. The van der Waals surface area contributed by atoms with Gasteiger partial charge in [0.2, 0.25) is 0 Å². The molecule has 1 aromatic carbocycles. The zero-order valence-electron chi connectivity index (χ0n) is 9.79. The standard InChI is InChI=1S/C11H6F6O4/c12-10(13,14)4-1-5(8(19)9(20)21)6(3-18)7(2-4)11(15,16)17/h1-3,8,19H,(H,20,21). The van der Waals surface area contributed by atoms with E-state index in [1.54, 1.807) is 0 Å². The maximum Gasteiger partial charge on any atom is 0.417 e. The number of hydrogen-bond acceptors (Lipinski definition) is 3. The summed E-state index contributed by atoms with van der Waals surface area (Å²) < 4.78 is 75.7. The van der Waals surface area contributed by atoms with Crippen molar-refractivity contribution in [3.05, 3.63) is 34.4 Å². The maximum atomic E-state index is 12.7. The lowest BCUT2D eigenvalue weighted by Crippen LogP contribution is -2.20. The summed E-state index contributed by atoms with van der Waals surface area (Å²) in [7, 11) is 0. The summed E-state index contributed by atoms with van der Waals surface area (Å²) in [5, 5.41) is 17.7. The highest BCUT2D eigenvalue weighted by atomic mass is 19.4. The second-order valence-corrected chi connectivity index (χ2v) is 3.88. The Kier molecular flexibility index (Phi) is 4.32. The van der Waals surface area contributed by atoms with E-state index in [2.05, 4.69) is 0 Å². The smallest absolute Gasteiger partial charge is 0.417 e. The molecule has 0 aliphatic carbocycles. The molecule has 0 saturated carbocycles. The normalized spacial score (nSPS) is 13.9. The molecule has 0 saturated heterocycles. The van der Waals surface area contributed by atoms with Crippen LogP contribution >= 0.6 is 0 Å². The average molecular weight is 316 g/mol. The monoisotopic (exact) mass is 316 g/mol. The summed E-state index contributed by atoms with van der Waals surface area (Å²) in [5.41, 5.74) is -6.43. The SMILES string of the molecule is O=Cc1c(C(O)C(=O)O)cc(C(F)(F)F)cc1C(F)(F)F. The number of benzene rings is 1. The van der Waals surface area contributed by atoms with Crippen molar-refractivity contribution in [2.75, 3.05) is 0 Å². The molecule has 0 bridgehead atoms. The molecule has 0 amide bonds. The van der Waals surface area contributed by atoms with Gasteiger partial charge in [-0.3, -0.25) is 4.79 Å². The number of aldehydes is 1. The third-order valence-corrected chi connectivity index (χ3v) is 2.49. The zero-order valence-corrected chi connectivity index (χ0v) is 9.79. The Morgan fingerprint density at radius 2 is 1.62 bits per heavy atom. The van der Waals surface area contributed by atoms with Crippen molar-refractivity contribution in [3.8, 4) is 0 Å². The Morgan fingerprint density at radius 3 is 1.95 bits per heavy atom. The van der Waals surface area contributed by atoms with Crippen molar-refractivity contribution in [1.82, 2.24) is 0 Å². The number of carbonyl (C=O) groups is 2. The highest BCUT2D eigenvalue weighted by Gasteiger charge is 2.40. The van der Waals surface area contributed by atoms with Crippen LogP contribution in [0.15, 0.2) is 12.1 Å². The highest BCUT2D eigenvalue weighted by molar-refractivity contribution is 5.85. The fourth-order valence-corrected chi connectivity index (χ4v) is 1.56. The van der Waals surface area contributed by atoms with Gasteiger partial charge in [-0.05, 0) is 12.1 Å². The van der Waals surface area contributed by atoms with Crippen LogP contribution < -0.4 is 0 Å². The first-order valence-corrected chi connectivity index (χ1v) is 5.08. The Labute approximate surface area is 112 Å². The summed E-state index contributed by atoms with van der Waals surface area (Å²) in [5.74, 6) is -2.09. The van der Waals surface area contributed by atoms with E-state index in [9.17, 15) is 41.0 Å². The van der Waals surface area contributed by atoms with E-state index >= 15 is 0 Å². The number of hydrogen-bond donors (Lipinski definition) is 2. The average Bonchev–Trinajstić information content (AvgIpc) is 2.33. The molecule has 0 spiro atoms. The molecule has 116 valence electrons. The molecule has 1 atom stereocenters. The van der Waals surface area contributed by atoms with Crippen LogP contribution in [0.5, 0.6) is 0 Å². The van der Waals surface area contributed by atoms with Crippen LogP contribution in [0.2, 0.25) is 0 Å². The molecule has 1 rings (SSSR count). The van der Waals surface area contributed by atoms with E-state index in [0.29, 0.717) is 0 Å². The Bertz CT molecular complexity index is 575. The van der Waals surface area contributed by atoms with Gasteiger partial charge >= 0.3 is 18.3 Å². The number of carboxylic acid groups (broad SMARTS) is 1. The summed E-state index contributed by atoms with van der Waals surface area (Å²) in [6.45, 7) is 0. The third-order valence-electron chi connectivity index (χ3n) is 2.49. The minimum atomic E-state index is -5.33. The van der Waals surface area contributed by atoms with Crippen LogP contribution in [0, 0.1) is 0 Å². The highest BCUT2D eigenvalue weighted by Crippen LogP contribution is 2.39. The quantitative estimate of drug-likeness (QED) is 0.664. The predicted molar refractivity (Wildman–Crippen MR) is 54.4 cm³/mol. The molecule has 0 aromatic heterocycles. The Balaban J connectivity index is 3.76. The molecular weight excluding hydrogens is 310 g/mol. The minimum absolute atomic E-state index is 0.00222. The van der Waals surface area contributed by atoms with E-state index in [0.717, 1.165) is 0 Å². The topological polar surface area (TPSA) is 74.6 Å². The Hall–Kier alpha value is -2.10. The van der Waals surface area contributed by atoms with Crippen molar-refractivity contribution in [3.63, 3.8) is 0 Å². The lowest BCUT2D eigenvalue weighted by molar-refractivity contribution is -0.148. The van der Waals surface area contributed by atoms with Crippen LogP contribution in [-0.2, 0) is 17.1 Å². The molecule has 0 fully saturated rings. The fourth-order valence-electron chi connectivity index (χ4n) is 1.56. The van der Waals surface area contributed by atoms with Crippen LogP contribution in [0.1, 0.15) is 33.2 Å². The molecule has 0 radical (unpaired) electrons. The molecule has 4 nitrogen and oxygen atoms in total. The van der Waals surface area contributed by atoms with Gasteiger partial charge in [-0.2, -0.15) is 26.3 Å². The fraction of sp³-hybridized carbons (Fsp3) is 0.273. The van der Waals surface area contributed by atoms with E-state index < -0.39 is 53.0 Å². The summed E-state index contributed by atoms with van der Waals surface area (Å²) in [6, 6.07) is -0.320. The van der Waals surface area contributed by atoms with Gasteiger partial charge in [-0.25, -0.2) is 4.79 Å². The number of halogens is 6. The van der Waals surface area contributed by atoms with Crippen molar-refractivity contribution >= 4 is 12.3 Å². The van der Waals surface area contributed by atoms with E-state index in [1.807, 2.05) is 0 Å². The van der Waals surface area contributed by atoms with Crippen LogP contribution in [-0.4, -0.2) is 22.5 Å². The molecule has 1 aromatic rings. The molecule has 10 heteroatoms. The molecule has 1 unspecified atom stereocenters. The largest absolute Gasteiger partial charge is 0.479 e. The van der Waals surface area contributed by atoms with Gasteiger partial charge in [0.15, 0.2) is 12.4 Å². The van der Waals surface area contributed by atoms with Gasteiger partial charge < -0.3 is 10.2 Å². The number of carboxylic acids is 1. The van der Waals surface area contributed by atoms with Gasteiger partial charge in [-0.15, -0.1) is 0 Å². The van der Waals surface area contributed by atoms with E-state index in [-0.39, 0.29) is 12.1 Å². The minimum Gasteiger partial charge on any atom is -0.479 e. The van der Waals surface area contributed by atoms with Gasteiger partial charge in [0.25, 0.3) is 0 Å². The van der Waals surface area contributed by atoms with Crippen LogP contribution in [0.25, 0.3) is 0 Å². The molecule has 2 N–H and O–H groups in total. The lowest BCUT2D eigenvalue weighted by Gasteiger charge is -2.18. The second-order valence-electron chi connectivity index (χ2n) is 3.88. The maximum absolute atomic E-state index is 12.7. The Morgan fingerprint density at radius 1 is 1.10 bits per heavy atom. The molecule has 0 aliphatic heterocycles. The number of aliphatic carboxylic acids is 1. The first-order valence-electron chi connectivity index (χ1n) is 5.08. The molecule has 0 aliphatic rings. The van der Waals surface area contributed by atoms with Crippen molar-refractivity contribution in [2.24, 2.45) is 0 Å². The van der Waals surface area contributed by atoms with Crippen molar-refractivity contribution < 1.29 is 46.1 Å². The molecular formula is C11H6F6O4. The second kappa shape index (κ2) is 5.35. The number of aliphatic hydroxyl groups excluding tert-OH is 1. The first kappa shape index (κ1) is 17.0. The van der Waals surface area contributed by atoms with Crippen LogP contribution in [0.3, 0.4) is 0 Å².